The number of ether oxygens (including phenoxy) is 2. The maximum atomic E-state index is 12.6. The highest BCUT2D eigenvalue weighted by Gasteiger charge is 2.29. The number of morpholine rings is 1. The molecule has 0 spiro atoms. The van der Waals surface area contributed by atoms with E-state index in [1.54, 1.807) is 25.3 Å². The molecule has 2 fully saturated rings. The molecule has 0 aliphatic carbocycles. The van der Waals surface area contributed by atoms with Gasteiger partial charge in [0, 0.05) is 37.2 Å². The Morgan fingerprint density at radius 2 is 2.12 bits per heavy atom. The molecular formula is C17H24ClN3O3. The van der Waals surface area contributed by atoms with Crippen molar-refractivity contribution in [2.24, 2.45) is 0 Å². The smallest absolute Gasteiger partial charge is 0.322 e. The third-order valence-electron chi connectivity index (χ3n) is 4.65. The number of nitrogens with zero attached hydrogens (tertiary/aromatic N) is 2. The van der Waals surface area contributed by atoms with Crippen molar-refractivity contribution in [2.75, 3.05) is 51.8 Å². The Hall–Kier alpha value is -1.50. The SMILES string of the molecule is COc1ccc(Cl)cc1NC(=O)N1CCC[C@H](N2CCOCC2)C1. The van der Waals surface area contributed by atoms with E-state index >= 15 is 0 Å². The van der Waals surface area contributed by atoms with Gasteiger partial charge in [0.15, 0.2) is 0 Å². The normalized spacial score (nSPS) is 22.2. The van der Waals surface area contributed by atoms with Crippen LogP contribution in [0.25, 0.3) is 0 Å². The van der Waals surface area contributed by atoms with Gasteiger partial charge in [-0.1, -0.05) is 11.6 Å². The van der Waals surface area contributed by atoms with Gasteiger partial charge in [0.25, 0.3) is 0 Å². The number of nitrogens with one attached hydrogen (secondary N) is 1. The highest BCUT2D eigenvalue weighted by atomic mass is 35.5. The van der Waals surface area contributed by atoms with E-state index in [0.29, 0.717) is 22.5 Å². The molecule has 132 valence electrons. The molecular weight excluding hydrogens is 330 g/mol. The second kappa shape index (κ2) is 8.05. The third-order valence-corrected chi connectivity index (χ3v) is 4.88. The highest BCUT2D eigenvalue weighted by molar-refractivity contribution is 6.31. The molecule has 0 bridgehead atoms. The molecule has 0 unspecified atom stereocenters. The molecule has 0 radical (unpaired) electrons. The number of hydrogen-bond acceptors (Lipinski definition) is 4. The Bertz CT molecular complexity index is 578. The van der Waals surface area contributed by atoms with Crippen LogP contribution in [0.5, 0.6) is 5.75 Å². The lowest BCUT2D eigenvalue weighted by atomic mass is 10.0. The number of rotatable bonds is 3. The van der Waals surface area contributed by atoms with Crippen molar-refractivity contribution < 1.29 is 14.3 Å². The first-order valence-electron chi connectivity index (χ1n) is 8.38. The van der Waals surface area contributed by atoms with Gasteiger partial charge >= 0.3 is 6.03 Å². The number of carbonyl (C=O) groups excluding carboxylic acids is 1. The second-order valence-electron chi connectivity index (χ2n) is 6.17. The van der Waals surface area contributed by atoms with Crippen LogP contribution in [-0.2, 0) is 4.74 Å². The summed E-state index contributed by atoms with van der Waals surface area (Å²) in [6.07, 6.45) is 2.15. The summed E-state index contributed by atoms with van der Waals surface area (Å²) in [6.45, 7) is 4.97. The van der Waals surface area contributed by atoms with E-state index in [9.17, 15) is 4.79 Å². The van der Waals surface area contributed by atoms with Crippen LogP contribution in [0.3, 0.4) is 0 Å². The molecule has 2 aliphatic heterocycles. The van der Waals surface area contributed by atoms with Gasteiger partial charge in [-0.15, -0.1) is 0 Å². The summed E-state index contributed by atoms with van der Waals surface area (Å²) in [5, 5.41) is 3.50. The van der Waals surface area contributed by atoms with Crippen molar-refractivity contribution in [1.29, 1.82) is 0 Å². The standard InChI is InChI=1S/C17H24ClN3O3/c1-23-16-5-4-13(18)11-15(16)19-17(22)21-6-2-3-14(12-21)20-7-9-24-10-8-20/h4-5,11,14H,2-3,6-10,12H2,1H3,(H,19,22)/t14-/m0/s1. The van der Waals surface area contributed by atoms with Crippen LogP contribution in [0, 0.1) is 0 Å². The number of methoxy groups -OCH3 is 1. The van der Waals surface area contributed by atoms with Gasteiger partial charge < -0.3 is 19.7 Å². The van der Waals surface area contributed by atoms with Crippen LogP contribution >= 0.6 is 11.6 Å². The predicted octanol–water partition coefficient (Wildman–Crippen LogP) is 2.68. The zero-order valence-corrected chi connectivity index (χ0v) is 14.7. The highest BCUT2D eigenvalue weighted by Crippen LogP contribution is 2.28. The summed E-state index contributed by atoms with van der Waals surface area (Å²) in [5.41, 5.74) is 0.600. The van der Waals surface area contributed by atoms with Crippen LogP contribution in [-0.4, -0.2) is 68.4 Å². The number of benzene rings is 1. The lowest BCUT2D eigenvalue weighted by Crippen LogP contribution is -2.53. The number of piperidine rings is 1. The number of hydrogen-bond donors (Lipinski definition) is 1. The lowest BCUT2D eigenvalue weighted by molar-refractivity contribution is 0.00248. The summed E-state index contributed by atoms with van der Waals surface area (Å²) in [5.74, 6) is 0.606. The summed E-state index contributed by atoms with van der Waals surface area (Å²) in [4.78, 5) is 17.0. The molecule has 0 saturated carbocycles. The van der Waals surface area contributed by atoms with Gasteiger partial charge in [-0.3, -0.25) is 4.90 Å². The quantitative estimate of drug-likeness (QED) is 0.907. The Morgan fingerprint density at radius 3 is 2.88 bits per heavy atom. The Balaban J connectivity index is 1.63. The minimum absolute atomic E-state index is 0.103. The van der Waals surface area contributed by atoms with Crippen molar-refractivity contribution in [3.8, 4) is 5.75 Å². The fraction of sp³-hybridized carbons (Fsp3) is 0.588. The Morgan fingerprint density at radius 1 is 1.33 bits per heavy atom. The van der Waals surface area contributed by atoms with E-state index < -0.39 is 0 Å². The van der Waals surface area contributed by atoms with E-state index in [1.165, 1.54) is 0 Å². The number of carbonyl (C=O) groups is 1. The van der Waals surface area contributed by atoms with Gasteiger partial charge in [0.05, 0.1) is 26.0 Å². The number of anilines is 1. The van der Waals surface area contributed by atoms with Crippen molar-refractivity contribution in [3.05, 3.63) is 23.2 Å². The van der Waals surface area contributed by atoms with Gasteiger partial charge in [-0.25, -0.2) is 4.79 Å². The zero-order valence-electron chi connectivity index (χ0n) is 14.0. The Kier molecular flexibility index (Phi) is 5.81. The molecule has 0 aromatic heterocycles. The average Bonchev–Trinajstić information content (AvgIpc) is 2.63. The second-order valence-corrected chi connectivity index (χ2v) is 6.60. The lowest BCUT2D eigenvalue weighted by Gasteiger charge is -2.40. The largest absolute Gasteiger partial charge is 0.495 e. The van der Waals surface area contributed by atoms with E-state index in [2.05, 4.69) is 10.2 Å². The van der Waals surface area contributed by atoms with Crippen LogP contribution < -0.4 is 10.1 Å². The van der Waals surface area contributed by atoms with Crippen molar-refractivity contribution in [3.63, 3.8) is 0 Å². The van der Waals surface area contributed by atoms with Crippen molar-refractivity contribution in [1.82, 2.24) is 9.80 Å². The third kappa shape index (κ3) is 4.12. The van der Waals surface area contributed by atoms with Crippen LogP contribution in [0.15, 0.2) is 18.2 Å². The van der Waals surface area contributed by atoms with Gasteiger partial charge in [-0.05, 0) is 31.0 Å². The summed E-state index contributed by atoms with van der Waals surface area (Å²) in [7, 11) is 1.58. The van der Waals surface area contributed by atoms with Gasteiger partial charge in [0.1, 0.15) is 5.75 Å². The molecule has 1 N–H and O–H groups in total. The molecule has 2 aliphatic rings. The molecule has 1 aromatic rings. The monoisotopic (exact) mass is 353 g/mol. The molecule has 24 heavy (non-hydrogen) atoms. The maximum Gasteiger partial charge on any atom is 0.322 e. The molecule has 3 rings (SSSR count). The number of likely N-dealkylation sites (tertiary alicyclic amines) is 1. The van der Waals surface area contributed by atoms with E-state index in [4.69, 9.17) is 21.1 Å². The topological polar surface area (TPSA) is 54.0 Å². The maximum absolute atomic E-state index is 12.6. The fourth-order valence-corrected chi connectivity index (χ4v) is 3.52. The molecule has 7 heteroatoms. The average molecular weight is 354 g/mol. The Labute approximate surface area is 147 Å². The number of urea groups is 1. The number of amides is 2. The summed E-state index contributed by atoms with van der Waals surface area (Å²) < 4.78 is 10.7. The van der Waals surface area contributed by atoms with Crippen molar-refractivity contribution >= 4 is 23.3 Å². The van der Waals surface area contributed by atoms with Crippen molar-refractivity contribution in [2.45, 2.75) is 18.9 Å². The zero-order chi connectivity index (χ0) is 16.9. The van der Waals surface area contributed by atoms with E-state index in [0.717, 1.165) is 52.2 Å². The fourth-order valence-electron chi connectivity index (χ4n) is 3.35. The molecule has 2 heterocycles. The summed E-state index contributed by atoms with van der Waals surface area (Å²) in [6, 6.07) is 5.51. The molecule has 2 amide bonds. The first kappa shape index (κ1) is 17.3. The van der Waals surface area contributed by atoms with Gasteiger partial charge in [-0.2, -0.15) is 0 Å². The van der Waals surface area contributed by atoms with Gasteiger partial charge in [0.2, 0.25) is 0 Å². The van der Waals surface area contributed by atoms with Crippen LogP contribution in [0.2, 0.25) is 5.02 Å². The first-order chi connectivity index (χ1) is 11.7. The summed E-state index contributed by atoms with van der Waals surface area (Å²) >= 11 is 6.03. The van der Waals surface area contributed by atoms with Crippen LogP contribution in [0.1, 0.15) is 12.8 Å². The number of halogens is 1. The minimum atomic E-state index is -0.103. The molecule has 6 nitrogen and oxygen atoms in total. The first-order valence-corrected chi connectivity index (χ1v) is 8.76. The van der Waals surface area contributed by atoms with E-state index in [-0.39, 0.29) is 6.03 Å². The predicted molar refractivity (Wildman–Crippen MR) is 94.0 cm³/mol. The molecule has 2 saturated heterocycles. The van der Waals surface area contributed by atoms with Crippen LogP contribution in [0.4, 0.5) is 10.5 Å². The van der Waals surface area contributed by atoms with E-state index in [1.807, 2.05) is 4.90 Å². The molecule has 1 aromatic carbocycles. The molecule has 1 atom stereocenters. The minimum Gasteiger partial charge on any atom is -0.495 e.